The number of hydrogen-bond donors (Lipinski definition) is 1. The van der Waals surface area contributed by atoms with Crippen molar-refractivity contribution in [3.05, 3.63) is 58.3 Å². The largest absolute Gasteiger partial charge is 0.316 e. The Hall–Kier alpha value is -1.12. The summed E-state index contributed by atoms with van der Waals surface area (Å²) in [5.74, 6) is 0.618. The maximum Gasteiger partial charge on any atom is 0.00202 e. The van der Waals surface area contributed by atoms with Crippen molar-refractivity contribution in [2.45, 2.75) is 32.1 Å². The first-order valence-corrected chi connectivity index (χ1v) is 8.11. The zero-order valence-corrected chi connectivity index (χ0v) is 12.5. The third kappa shape index (κ3) is 4.81. The highest BCUT2D eigenvalue weighted by Gasteiger charge is 2.11. The van der Waals surface area contributed by atoms with E-state index in [1.165, 1.54) is 30.4 Å². The molecule has 1 unspecified atom stereocenters. The molecule has 1 aromatic carbocycles. The van der Waals surface area contributed by atoms with Crippen LogP contribution in [0.5, 0.6) is 0 Å². The van der Waals surface area contributed by atoms with Gasteiger partial charge in [0, 0.05) is 6.54 Å². The number of rotatable bonds is 8. The van der Waals surface area contributed by atoms with Crippen LogP contribution in [0.3, 0.4) is 0 Å². The van der Waals surface area contributed by atoms with Crippen LogP contribution in [0.1, 0.15) is 36.8 Å². The van der Waals surface area contributed by atoms with E-state index in [1.54, 1.807) is 11.3 Å². The van der Waals surface area contributed by atoms with E-state index in [1.807, 2.05) is 0 Å². The first-order valence-electron chi connectivity index (χ1n) is 7.17. The third-order valence-corrected chi connectivity index (χ3v) is 4.18. The molecular formula is C17H23NS. The van der Waals surface area contributed by atoms with Gasteiger partial charge in [-0.2, -0.15) is 11.3 Å². The van der Waals surface area contributed by atoms with Crippen LogP contribution in [0.15, 0.2) is 47.2 Å². The molecule has 1 heterocycles. The average molecular weight is 273 g/mol. The molecule has 1 N–H and O–H groups in total. The highest BCUT2D eigenvalue weighted by molar-refractivity contribution is 7.07. The van der Waals surface area contributed by atoms with Crippen LogP contribution >= 0.6 is 11.3 Å². The second kappa shape index (κ2) is 8.13. The highest BCUT2D eigenvalue weighted by Crippen LogP contribution is 2.22. The monoisotopic (exact) mass is 273 g/mol. The molecule has 1 aromatic heterocycles. The van der Waals surface area contributed by atoms with E-state index in [0.29, 0.717) is 5.92 Å². The number of hydrogen-bond acceptors (Lipinski definition) is 2. The average Bonchev–Trinajstić information content (AvgIpc) is 2.97. The lowest BCUT2D eigenvalue weighted by atomic mass is 9.93. The van der Waals surface area contributed by atoms with Crippen LogP contribution in [0, 0.1) is 0 Å². The van der Waals surface area contributed by atoms with Crippen LogP contribution in [-0.4, -0.2) is 13.1 Å². The Balaban J connectivity index is 1.93. The smallest absolute Gasteiger partial charge is 0.00202 e. The zero-order valence-electron chi connectivity index (χ0n) is 11.6. The Bertz CT molecular complexity index is 436. The van der Waals surface area contributed by atoms with Gasteiger partial charge in [-0.3, -0.25) is 0 Å². The molecule has 1 nitrogen and oxygen atoms in total. The summed E-state index contributed by atoms with van der Waals surface area (Å²) in [5.41, 5.74) is 2.93. The van der Waals surface area contributed by atoms with Crippen LogP contribution in [0.4, 0.5) is 0 Å². The summed E-state index contributed by atoms with van der Waals surface area (Å²) in [6.45, 7) is 4.42. The van der Waals surface area contributed by atoms with E-state index in [9.17, 15) is 0 Å². The molecular weight excluding hydrogens is 250 g/mol. The van der Waals surface area contributed by atoms with Crippen LogP contribution in [-0.2, 0) is 6.42 Å². The van der Waals surface area contributed by atoms with Crippen molar-refractivity contribution in [2.75, 3.05) is 13.1 Å². The molecule has 0 aliphatic carbocycles. The van der Waals surface area contributed by atoms with Gasteiger partial charge in [-0.05, 0) is 59.7 Å². The van der Waals surface area contributed by atoms with Crippen molar-refractivity contribution in [1.29, 1.82) is 0 Å². The fourth-order valence-electron chi connectivity index (χ4n) is 2.34. The second-order valence-electron chi connectivity index (χ2n) is 4.98. The normalized spacial score (nSPS) is 12.5. The maximum absolute atomic E-state index is 3.57. The van der Waals surface area contributed by atoms with E-state index < -0.39 is 0 Å². The van der Waals surface area contributed by atoms with Gasteiger partial charge < -0.3 is 5.32 Å². The lowest BCUT2D eigenvalue weighted by Gasteiger charge is -2.18. The molecule has 0 aliphatic heterocycles. The minimum atomic E-state index is 0.618. The Labute approximate surface area is 120 Å². The molecule has 0 aliphatic rings. The van der Waals surface area contributed by atoms with Crippen LogP contribution < -0.4 is 5.32 Å². The fourth-order valence-corrected chi connectivity index (χ4v) is 3.04. The quantitative estimate of drug-likeness (QED) is 0.700. The van der Waals surface area contributed by atoms with E-state index in [4.69, 9.17) is 0 Å². The first-order chi connectivity index (χ1) is 9.40. The lowest BCUT2D eigenvalue weighted by molar-refractivity contribution is 0.549. The van der Waals surface area contributed by atoms with Crippen molar-refractivity contribution >= 4 is 11.3 Å². The van der Waals surface area contributed by atoms with Gasteiger partial charge in [-0.25, -0.2) is 0 Å². The van der Waals surface area contributed by atoms with E-state index >= 15 is 0 Å². The van der Waals surface area contributed by atoms with Gasteiger partial charge >= 0.3 is 0 Å². The molecule has 0 radical (unpaired) electrons. The predicted molar refractivity (Wildman–Crippen MR) is 85.0 cm³/mol. The minimum Gasteiger partial charge on any atom is -0.316 e. The molecule has 102 valence electrons. The summed E-state index contributed by atoms with van der Waals surface area (Å²) in [5, 5.41) is 8.00. The van der Waals surface area contributed by atoms with Gasteiger partial charge in [0.25, 0.3) is 0 Å². The zero-order chi connectivity index (χ0) is 13.3. The van der Waals surface area contributed by atoms with E-state index in [0.717, 1.165) is 13.1 Å². The van der Waals surface area contributed by atoms with Gasteiger partial charge in [-0.1, -0.05) is 37.3 Å². The molecule has 2 aromatic rings. The number of nitrogens with one attached hydrogen (secondary N) is 1. The van der Waals surface area contributed by atoms with Crippen molar-refractivity contribution in [2.24, 2.45) is 0 Å². The Morgan fingerprint density at radius 3 is 2.68 bits per heavy atom. The second-order valence-corrected chi connectivity index (χ2v) is 5.76. The van der Waals surface area contributed by atoms with Gasteiger partial charge in [0.2, 0.25) is 0 Å². The maximum atomic E-state index is 3.57. The van der Waals surface area contributed by atoms with Gasteiger partial charge in [0.15, 0.2) is 0 Å². The van der Waals surface area contributed by atoms with E-state index in [-0.39, 0.29) is 0 Å². The van der Waals surface area contributed by atoms with Crippen molar-refractivity contribution in [3.8, 4) is 0 Å². The van der Waals surface area contributed by atoms with Crippen molar-refractivity contribution < 1.29 is 0 Å². The molecule has 0 fully saturated rings. The summed E-state index contributed by atoms with van der Waals surface area (Å²) in [6, 6.07) is 13.1. The summed E-state index contributed by atoms with van der Waals surface area (Å²) >= 11 is 1.79. The van der Waals surface area contributed by atoms with Crippen LogP contribution in [0.2, 0.25) is 0 Å². The lowest BCUT2D eigenvalue weighted by Crippen LogP contribution is -2.22. The van der Waals surface area contributed by atoms with E-state index in [2.05, 4.69) is 59.4 Å². The molecule has 2 heteroatoms. The fraction of sp³-hybridized carbons (Fsp3) is 0.412. The van der Waals surface area contributed by atoms with Crippen LogP contribution in [0.25, 0.3) is 0 Å². The summed E-state index contributed by atoms with van der Waals surface area (Å²) in [7, 11) is 0. The Morgan fingerprint density at radius 2 is 2.00 bits per heavy atom. The summed E-state index contributed by atoms with van der Waals surface area (Å²) in [6.07, 6.45) is 3.60. The molecule has 1 atom stereocenters. The molecule has 0 amide bonds. The van der Waals surface area contributed by atoms with Gasteiger partial charge in [0.1, 0.15) is 0 Å². The minimum absolute atomic E-state index is 0.618. The number of aryl methyl sites for hydroxylation is 1. The number of benzene rings is 1. The standard InChI is InChI=1S/C17H23NS/c1-2-11-18-13-17(16-6-4-3-5-7-16)9-8-15-10-12-19-14-15/h3-7,10,12,14,17-18H,2,8-9,11,13H2,1H3. The molecule has 19 heavy (non-hydrogen) atoms. The predicted octanol–water partition coefficient (Wildman–Crippen LogP) is 4.46. The topological polar surface area (TPSA) is 12.0 Å². The third-order valence-electron chi connectivity index (χ3n) is 3.45. The molecule has 0 bridgehead atoms. The highest BCUT2D eigenvalue weighted by atomic mass is 32.1. The van der Waals surface area contributed by atoms with Gasteiger partial charge in [0.05, 0.1) is 0 Å². The first kappa shape index (κ1) is 14.3. The molecule has 0 saturated heterocycles. The molecule has 2 rings (SSSR count). The summed E-state index contributed by atoms with van der Waals surface area (Å²) in [4.78, 5) is 0. The number of thiophene rings is 1. The SMILES string of the molecule is CCCNCC(CCc1ccsc1)c1ccccc1. The Kier molecular flexibility index (Phi) is 6.12. The van der Waals surface area contributed by atoms with Gasteiger partial charge in [-0.15, -0.1) is 0 Å². The molecule has 0 saturated carbocycles. The summed E-state index contributed by atoms with van der Waals surface area (Å²) < 4.78 is 0. The Morgan fingerprint density at radius 1 is 1.16 bits per heavy atom. The molecule has 0 spiro atoms. The van der Waals surface area contributed by atoms with Crippen molar-refractivity contribution in [1.82, 2.24) is 5.32 Å². The van der Waals surface area contributed by atoms with Crippen molar-refractivity contribution in [3.63, 3.8) is 0 Å².